The molecule has 1 aliphatic carbocycles. The first-order valence-corrected chi connectivity index (χ1v) is 7.04. The Kier molecular flexibility index (Phi) is 3.24. The van der Waals surface area contributed by atoms with E-state index >= 15 is 0 Å². The summed E-state index contributed by atoms with van der Waals surface area (Å²) < 4.78 is 11.2. The maximum absolute atomic E-state index is 5.64. The van der Waals surface area contributed by atoms with Gasteiger partial charge in [0.05, 0.1) is 12.2 Å². The smallest absolute Gasteiger partial charge is 0.146 e. The lowest BCUT2D eigenvalue weighted by Gasteiger charge is -2.32. The van der Waals surface area contributed by atoms with Crippen molar-refractivity contribution in [2.24, 2.45) is 11.8 Å². The molecule has 0 aromatic heterocycles. The highest BCUT2D eigenvalue weighted by Gasteiger charge is 2.45. The fourth-order valence-corrected chi connectivity index (χ4v) is 3.14. The monoisotopic (exact) mass is 228 g/mol. The minimum Gasteiger partial charge on any atom is -0.423 e. The molecule has 1 saturated carbocycles. The summed E-state index contributed by atoms with van der Waals surface area (Å²) in [6, 6.07) is 0. The van der Waals surface area contributed by atoms with E-state index in [9.17, 15) is 0 Å². The predicted octanol–water partition coefficient (Wildman–Crippen LogP) is 1.66. The predicted molar refractivity (Wildman–Crippen MR) is 64.9 cm³/mol. The van der Waals surface area contributed by atoms with Crippen molar-refractivity contribution < 1.29 is 9.16 Å². The van der Waals surface area contributed by atoms with Gasteiger partial charge in [-0.1, -0.05) is 6.92 Å². The number of epoxide rings is 1. The van der Waals surface area contributed by atoms with Crippen molar-refractivity contribution >= 4 is 10.5 Å². The van der Waals surface area contributed by atoms with E-state index in [2.05, 4.69) is 20.8 Å². The van der Waals surface area contributed by atoms with E-state index in [1.54, 1.807) is 0 Å². The first-order chi connectivity index (χ1) is 7.02. The minimum absolute atomic E-state index is 0.0902. The van der Waals surface area contributed by atoms with Gasteiger partial charge in [-0.15, -0.1) is 0 Å². The first kappa shape index (κ1) is 11.6. The van der Waals surface area contributed by atoms with Crippen LogP contribution >= 0.6 is 0 Å². The van der Waals surface area contributed by atoms with E-state index in [-0.39, 0.29) is 5.60 Å². The molecule has 0 spiro atoms. The highest BCUT2D eigenvalue weighted by atomic mass is 28.2. The number of hydrogen-bond donors (Lipinski definition) is 0. The SMILES string of the molecule is CC(CC(C)(C)O[SiH3])C1CCC2OC2C1. The van der Waals surface area contributed by atoms with Crippen molar-refractivity contribution in [2.75, 3.05) is 0 Å². The third kappa shape index (κ3) is 2.83. The number of hydrogen-bond acceptors (Lipinski definition) is 2. The van der Waals surface area contributed by atoms with Gasteiger partial charge in [0.15, 0.2) is 0 Å². The van der Waals surface area contributed by atoms with Gasteiger partial charge in [-0.2, -0.15) is 0 Å². The molecule has 1 heterocycles. The Hall–Kier alpha value is 0.137. The standard InChI is InChI=1S/C12H24O2Si/c1-8(7-12(2,3)14-15)9-4-5-10-11(6-9)13-10/h8-11H,4-7H2,1-3,15H3. The lowest BCUT2D eigenvalue weighted by Crippen LogP contribution is -2.30. The first-order valence-electron chi connectivity index (χ1n) is 6.22. The largest absolute Gasteiger partial charge is 0.423 e. The molecule has 2 aliphatic rings. The second-order valence-corrected chi connectivity index (χ2v) is 6.34. The average Bonchev–Trinajstić information content (AvgIpc) is 2.94. The van der Waals surface area contributed by atoms with Gasteiger partial charge in [0.1, 0.15) is 10.5 Å². The van der Waals surface area contributed by atoms with Gasteiger partial charge >= 0.3 is 0 Å². The lowest BCUT2D eigenvalue weighted by molar-refractivity contribution is 0.0753. The molecule has 0 amide bonds. The fraction of sp³-hybridized carbons (Fsp3) is 1.00. The molecule has 1 aliphatic heterocycles. The topological polar surface area (TPSA) is 21.8 Å². The Morgan fingerprint density at radius 2 is 2.13 bits per heavy atom. The molecule has 0 aromatic carbocycles. The van der Waals surface area contributed by atoms with E-state index in [0.29, 0.717) is 12.2 Å². The van der Waals surface area contributed by atoms with Crippen LogP contribution < -0.4 is 0 Å². The summed E-state index contributed by atoms with van der Waals surface area (Å²) >= 11 is 0. The normalized spacial score (nSPS) is 37.4. The maximum Gasteiger partial charge on any atom is 0.146 e. The van der Waals surface area contributed by atoms with Crippen molar-refractivity contribution in [1.29, 1.82) is 0 Å². The molecule has 0 radical (unpaired) electrons. The molecule has 2 nitrogen and oxygen atoms in total. The van der Waals surface area contributed by atoms with Gasteiger partial charge in [0.25, 0.3) is 0 Å². The zero-order valence-corrected chi connectivity index (χ0v) is 12.5. The van der Waals surface area contributed by atoms with E-state index < -0.39 is 0 Å². The number of rotatable bonds is 4. The van der Waals surface area contributed by atoms with Crippen LogP contribution in [0.4, 0.5) is 0 Å². The molecule has 2 fully saturated rings. The number of ether oxygens (including phenoxy) is 1. The molecular formula is C12H24O2Si. The van der Waals surface area contributed by atoms with Crippen LogP contribution in [0.3, 0.4) is 0 Å². The summed E-state index contributed by atoms with van der Waals surface area (Å²) in [7, 11) is 0.846. The Balaban J connectivity index is 1.82. The Morgan fingerprint density at radius 3 is 2.73 bits per heavy atom. The van der Waals surface area contributed by atoms with Crippen LogP contribution in [-0.2, 0) is 9.16 Å². The summed E-state index contributed by atoms with van der Waals surface area (Å²) in [5.41, 5.74) is 0.0902. The van der Waals surface area contributed by atoms with Crippen molar-refractivity contribution in [3.05, 3.63) is 0 Å². The van der Waals surface area contributed by atoms with Crippen LogP contribution in [0, 0.1) is 11.8 Å². The fourth-order valence-electron chi connectivity index (χ4n) is 2.98. The lowest BCUT2D eigenvalue weighted by atomic mass is 9.77. The third-order valence-electron chi connectivity index (χ3n) is 4.22. The minimum atomic E-state index is 0.0902. The third-order valence-corrected chi connectivity index (χ3v) is 5.32. The molecule has 88 valence electrons. The van der Waals surface area contributed by atoms with Gasteiger partial charge in [0.2, 0.25) is 0 Å². The van der Waals surface area contributed by atoms with Crippen molar-refractivity contribution in [1.82, 2.24) is 0 Å². The molecule has 2 rings (SSSR count). The molecule has 0 aromatic rings. The Labute approximate surface area is 96.3 Å². The summed E-state index contributed by atoms with van der Waals surface area (Å²) in [5, 5.41) is 0. The van der Waals surface area contributed by atoms with Gasteiger partial charge in [-0.3, -0.25) is 0 Å². The van der Waals surface area contributed by atoms with Crippen molar-refractivity contribution in [3.8, 4) is 0 Å². The van der Waals surface area contributed by atoms with Gasteiger partial charge in [-0.25, -0.2) is 0 Å². The summed E-state index contributed by atoms with van der Waals surface area (Å²) in [6.45, 7) is 6.82. The van der Waals surface area contributed by atoms with E-state index in [1.165, 1.54) is 25.7 Å². The summed E-state index contributed by atoms with van der Waals surface area (Å²) in [5.74, 6) is 1.64. The van der Waals surface area contributed by atoms with E-state index in [1.807, 2.05) is 0 Å². The zero-order chi connectivity index (χ0) is 11.1. The van der Waals surface area contributed by atoms with Gasteiger partial charge in [0, 0.05) is 5.60 Å². The second-order valence-electron chi connectivity index (χ2n) is 5.93. The zero-order valence-electron chi connectivity index (χ0n) is 10.5. The number of fused-ring (bicyclic) bond motifs is 1. The summed E-state index contributed by atoms with van der Waals surface area (Å²) in [4.78, 5) is 0. The molecule has 15 heavy (non-hydrogen) atoms. The van der Waals surface area contributed by atoms with Gasteiger partial charge in [-0.05, 0) is 51.4 Å². The van der Waals surface area contributed by atoms with Crippen molar-refractivity contribution in [3.63, 3.8) is 0 Å². The van der Waals surface area contributed by atoms with Crippen LogP contribution in [0.2, 0.25) is 0 Å². The van der Waals surface area contributed by atoms with Crippen LogP contribution in [-0.4, -0.2) is 28.3 Å². The van der Waals surface area contributed by atoms with E-state index in [4.69, 9.17) is 9.16 Å². The molecular weight excluding hydrogens is 204 g/mol. The van der Waals surface area contributed by atoms with Crippen LogP contribution in [0.15, 0.2) is 0 Å². The van der Waals surface area contributed by atoms with Crippen LogP contribution in [0.25, 0.3) is 0 Å². The summed E-state index contributed by atoms with van der Waals surface area (Å²) in [6.07, 6.45) is 6.39. The highest BCUT2D eigenvalue weighted by molar-refractivity contribution is 5.98. The molecule has 4 unspecified atom stereocenters. The highest BCUT2D eigenvalue weighted by Crippen LogP contribution is 2.43. The molecule has 1 saturated heterocycles. The molecule has 3 heteroatoms. The quantitative estimate of drug-likeness (QED) is 0.539. The van der Waals surface area contributed by atoms with Crippen LogP contribution in [0.5, 0.6) is 0 Å². The Bertz CT molecular complexity index is 230. The van der Waals surface area contributed by atoms with Crippen molar-refractivity contribution in [2.45, 2.75) is 64.3 Å². The van der Waals surface area contributed by atoms with Gasteiger partial charge < -0.3 is 9.16 Å². The molecule has 0 N–H and O–H groups in total. The average molecular weight is 228 g/mol. The molecule has 4 atom stereocenters. The maximum atomic E-state index is 5.64. The second kappa shape index (κ2) is 4.19. The molecule has 0 bridgehead atoms. The van der Waals surface area contributed by atoms with Crippen LogP contribution in [0.1, 0.15) is 46.5 Å². The van der Waals surface area contributed by atoms with E-state index in [0.717, 1.165) is 22.3 Å². The Morgan fingerprint density at radius 1 is 1.40 bits per heavy atom.